The molecule has 1 aromatic carbocycles. The van der Waals surface area contributed by atoms with E-state index in [2.05, 4.69) is 55.6 Å². The van der Waals surface area contributed by atoms with E-state index in [0.717, 1.165) is 49.3 Å². The van der Waals surface area contributed by atoms with E-state index >= 15 is 0 Å². The second-order valence-electron chi connectivity index (χ2n) is 9.49. The van der Waals surface area contributed by atoms with Gasteiger partial charge in [-0.25, -0.2) is 4.98 Å². The van der Waals surface area contributed by atoms with Crippen molar-refractivity contribution in [2.24, 2.45) is 5.92 Å². The minimum Gasteiger partial charge on any atom is -0.336 e. The van der Waals surface area contributed by atoms with E-state index < -0.39 is 0 Å². The number of amides is 1. The number of carbonyl (C=O) groups excluding carboxylic acids is 1. The Kier molecular flexibility index (Phi) is 5.77. The van der Waals surface area contributed by atoms with Crippen molar-refractivity contribution in [1.29, 1.82) is 0 Å². The summed E-state index contributed by atoms with van der Waals surface area (Å²) in [6.45, 7) is 6.13. The molecule has 0 fully saturated rings. The fourth-order valence-corrected chi connectivity index (χ4v) is 5.28. The lowest BCUT2D eigenvalue weighted by molar-refractivity contribution is -0.116. The van der Waals surface area contributed by atoms with Gasteiger partial charge in [0, 0.05) is 34.6 Å². The zero-order valence-corrected chi connectivity index (χ0v) is 21.5. The maximum atomic E-state index is 12.2. The molecule has 0 aliphatic carbocycles. The maximum Gasteiger partial charge on any atom is 0.224 e. The number of hydrogen-bond acceptors (Lipinski definition) is 6. The predicted octanol–water partition coefficient (Wildman–Crippen LogP) is 6.58. The highest BCUT2D eigenvalue weighted by molar-refractivity contribution is 7.15. The topological polar surface area (TPSA) is 112 Å². The Labute approximate surface area is 217 Å². The van der Waals surface area contributed by atoms with Crippen LogP contribution in [0.5, 0.6) is 0 Å². The number of pyridine rings is 2. The third kappa shape index (κ3) is 4.49. The molecule has 0 unspecified atom stereocenters. The molecule has 37 heavy (non-hydrogen) atoms. The Bertz CT molecular complexity index is 1760. The van der Waals surface area contributed by atoms with E-state index in [1.165, 1.54) is 4.88 Å². The molecule has 5 heterocycles. The van der Waals surface area contributed by atoms with Crippen LogP contribution in [0.2, 0.25) is 0 Å². The van der Waals surface area contributed by atoms with Crippen LogP contribution in [0.1, 0.15) is 25.1 Å². The molecule has 0 radical (unpaired) electrons. The fraction of sp³-hybridized carbons (Fsp3) is 0.179. The summed E-state index contributed by atoms with van der Waals surface area (Å²) in [5.41, 5.74) is 6.78. The van der Waals surface area contributed by atoms with E-state index in [1.54, 1.807) is 29.9 Å². The van der Waals surface area contributed by atoms with E-state index in [-0.39, 0.29) is 11.8 Å². The number of imidazole rings is 1. The fourth-order valence-electron chi connectivity index (χ4n) is 4.41. The van der Waals surface area contributed by atoms with Crippen LogP contribution < -0.4 is 5.32 Å². The van der Waals surface area contributed by atoms with E-state index in [4.69, 9.17) is 4.98 Å². The molecule has 0 spiro atoms. The van der Waals surface area contributed by atoms with Gasteiger partial charge in [-0.2, -0.15) is 5.10 Å². The minimum absolute atomic E-state index is 0.0158. The van der Waals surface area contributed by atoms with Gasteiger partial charge in [-0.15, -0.1) is 11.3 Å². The molecule has 0 atom stereocenters. The number of anilines is 1. The second-order valence-corrected chi connectivity index (χ2v) is 10.8. The third-order valence-corrected chi connectivity index (χ3v) is 7.12. The predicted molar refractivity (Wildman–Crippen MR) is 148 cm³/mol. The monoisotopic (exact) mass is 507 g/mol. The number of rotatable bonds is 6. The Hall–Kier alpha value is -4.37. The van der Waals surface area contributed by atoms with Crippen molar-refractivity contribution < 1.29 is 4.79 Å². The maximum absolute atomic E-state index is 12.2. The van der Waals surface area contributed by atoms with Gasteiger partial charge in [0.1, 0.15) is 16.9 Å². The molecule has 3 N–H and O–H groups in total. The van der Waals surface area contributed by atoms with Gasteiger partial charge < -0.3 is 10.3 Å². The van der Waals surface area contributed by atoms with Gasteiger partial charge in [0.15, 0.2) is 5.82 Å². The van der Waals surface area contributed by atoms with Gasteiger partial charge in [-0.3, -0.25) is 19.9 Å². The number of aryl methyl sites for hydroxylation is 1. The smallest absolute Gasteiger partial charge is 0.224 e. The highest BCUT2D eigenvalue weighted by Crippen LogP contribution is 2.34. The number of nitrogens with zero attached hydrogens (tertiary/aromatic N) is 4. The molecule has 6 aromatic rings. The summed E-state index contributed by atoms with van der Waals surface area (Å²) in [7, 11) is 0. The lowest BCUT2D eigenvalue weighted by atomic mass is 10.0. The normalized spacial score (nSPS) is 11.6. The highest BCUT2D eigenvalue weighted by atomic mass is 32.1. The molecular formula is C28H25N7OS. The molecule has 5 aromatic heterocycles. The van der Waals surface area contributed by atoms with Crippen LogP contribution in [0.25, 0.3) is 55.2 Å². The first-order valence-corrected chi connectivity index (χ1v) is 12.9. The van der Waals surface area contributed by atoms with Gasteiger partial charge in [0.25, 0.3) is 0 Å². The van der Waals surface area contributed by atoms with Crippen molar-refractivity contribution in [2.45, 2.75) is 27.2 Å². The van der Waals surface area contributed by atoms with Crippen LogP contribution >= 0.6 is 11.3 Å². The van der Waals surface area contributed by atoms with Crippen molar-refractivity contribution in [2.75, 3.05) is 5.32 Å². The van der Waals surface area contributed by atoms with E-state index in [1.807, 2.05) is 38.1 Å². The van der Waals surface area contributed by atoms with Crippen molar-refractivity contribution in [1.82, 2.24) is 30.1 Å². The molecule has 0 saturated carbocycles. The molecule has 0 bridgehead atoms. The summed E-state index contributed by atoms with van der Waals surface area (Å²) >= 11 is 1.70. The molecule has 0 aliphatic rings. The number of H-pyrrole nitrogens is 2. The highest BCUT2D eigenvalue weighted by Gasteiger charge is 2.17. The molecule has 9 heteroatoms. The zero-order chi connectivity index (χ0) is 25.5. The van der Waals surface area contributed by atoms with Crippen LogP contribution in [0.4, 0.5) is 5.69 Å². The van der Waals surface area contributed by atoms with Crippen LogP contribution in [0.3, 0.4) is 0 Å². The largest absolute Gasteiger partial charge is 0.336 e. The van der Waals surface area contributed by atoms with Crippen LogP contribution in [0.15, 0.2) is 61.1 Å². The number of aromatic nitrogens is 6. The summed E-state index contributed by atoms with van der Waals surface area (Å²) in [5.74, 6) is 0.948. The van der Waals surface area contributed by atoms with Crippen LogP contribution in [0, 0.1) is 12.8 Å². The second kappa shape index (κ2) is 9.25. The summed E-state index contributed by atoms with van der Waals surface area (Å²) in [6.07, 6.45) is 5.73. The minimum atomic E-state index is -0.0158. The van der Waals surface area contributed by atoms with Crippen molar-refractivity contribution in [3.05, 3.63) is 65.9 Å². The van der Waals surface area contributed by atoms with Gasteiger partial charge in [-0.05, 0) is 54.8 Å². The van der Waals surface area contributed by atoms with Crippen LogP contribution in [-0.2, 0) is 4.79 Å². The number of benzene rings is 1. The Morgan fingerprint density at radius 2 is 1.92 bits per heavy atom. The SMILES string of the molecule is Cc1ccc(-c2nccc3[nH]c(-c4n[nH]c5ccc(-c6cncc(NC(=O)CC(C)C)c6)cc45)nc23)s1. The molecule has 184 valence electrons. The lowest BCUT2D eigenvalue weighted by Crippen LogP contribution is -2.13. The van der Waals surface area contributed by atoms with Crippen LogP contribution in [-0.4, -0.2) is 36.0 Å². The zero-order valence-electron chi connectivity index (χ0n) is 20.7. The van der Waals surface area contributed by atoms with E-state index in [9.17, 15) is 4.79 Å². The van der Waals surface area contributed by atoms with Gasteiger partial charge in [0.05, 0.1) is 27.8 Å². The molecular weight excluding hydrogens is 482 g/mol. The Morgan fingerprint density at radius 3 is 2.73 bits per heavy atom. The average Bonchev–Trinajstić information content (AvgIpc) is 3.60. The summed E-state index contributed by atoms with van der Waals surface area (Å²) < 4.78 is 0. The molecule has 0 saturated heterocycles. The Morgan fingerprint density at radius 1 is 1.03 bits per heavy atom. The average molecular weight is 508 g/mol. The van der Waals surface area contributed by atoms with Gasteiger partial charge in [-0.1, -0.05) is 19.9 Å². The van der Waals surface area contributed by atoms with Gasteiger partial charge in [0.2, 0.25) is 5.91 Å². The summed E-state index contributed by atoms with van der Waals surface area (Å²) in [6, 6.07) is 14.1. The van der Waals surface area contributed by atoms with Crippen molar-refractivity contribution >= 4 is 44.9 Å². The molecule has 0 aliphatic heterocycles. The standard InChI is InChI=1S/C28H25N7OS/c1-15(2)10-24(36)31-19-11-18(13-29-14-19)17-5-6-21-20(12-17)25(35-34-21)28-32-22-8-9-30-27(26(22)33-28)23-7-4-16(3)37-23/h4-9,11-15H,10H2,1-3H3,(H,31,36)(H,32,33)(H,34,35). The van der Waals surface area contributed by atoms with E-state index in [0.29, 0.717) is 17.9 Å². The summed E-state index contributed by atoms with van der Waals surface area (Å²) in [4.78, 5) is 31.8. The van der Waals surface area contributed by atoms with Gasteiger partial charge >= 0.3 is 0 Å². The quantitative estimate of drug-likeness (QED) is 0.236. The first-order valence-electron chi connectivity index (χ1n) is 12.1. The first kappa shape index (κ1) is 23.1. The number of fused-ring (bicyclic) bond motifs is 2. The van der Waals surface area contributed by atoms with Crippen molar-refractivity contribution in [3.8, 4) is 33.2 Å². The number of nitrogens with one attached hydrogen (secondary N) is 3. The first-order chi connectivity index (χ1) is 17.9. The number of carbonyl (C=O) groups is 1. The number of hydrogen-bond donors (Lipinski definition) is 3. The molecule has 1 amide bonds. The third-order valence-electron chi connectivity index (χ3n) is 6.11. The number of thiophene rings is 1. The molecule has 6 rings (SSSR count). The summed E-state index contributed by atoms with van der Waals surface area (Å²) in [5, 5.41) is 11.6. The lowest BCUT2D eigenvalue weighted by Gasteiger charge is -2.09. The Balaban J connectivity index is 1.38. The number of aromatic amines is 2. The van der Waals surface area contributed by atoms with Crippen molar-refractivity contribution in [3.63, 3.8) is 0 Å². The molecule has 8 nitrogen and oxygen atoms in total.